The number of piperidine rings is 1. The van der Waals surface area contributed by atoms with Crippen LogP contribution < -0.4 is 10.1 Å². The van der Waals surface area contributed by atoms with Gasteiger partial charge >= 0.3 is 0 Å². The van der Waals surface area contributed by atoms with E-state index in [2.05, 4.69) is 16.4 Å². The van der Waals surface area contributed by atoms with Crippen LogP contribution in [0.5, 0.6) is 5.75 Å². The van der Waals surface area contributed by atoms with Crippen molar-refractivity contribution in [2.75, 3.05) is 19.4 Å². The third-order valence-electron chi connectivity index (χ3n) is 6.79. The van der Waals surface area contributed by atoms with Crippen molar-refractivity contribution in [3.8, 4) is 17.0 Å². The van der Waals surface area contributed by atoms with Crippen molar-refractivity contribution in [2.24, 2.45) is 11.8 Å². The number of aromatic amines is 1. The molecule has 0 spiro atoms. The molecule has 0 radical (unpaired) electrons. The molecule has 1 aliphatic heterocycles. The van der Waals surface area contributed by atoms with E-state index in [0.717, 1.165) is 36.1 Å². The Kier molecular flexibility index (Phi) is 6.02. The fraction of sp³-hybridized carbons (Fsp3) is 0.565. The van der Waals surface area contributed by atoms with Gasteiger partial charge in [0, 0.05) is 29.4 Å². The fourth-order valence-electron chi connectivity index (χ4n) is 5.16. The molecule has 0 amide bonds. The number of sulfone groups is 1. The normalized spacial score (nSPS) is 24.8. The molecule has 5 nitrogen and oxygen atoms in total. The Bertz CT molecular complexity index is 949. The highest BCUT2D eigenvalue weighted by Gasteiger charge is 2.34. The SMILES string of the molecule is CCS(=O)(=O)c1ccc(OC)c(-c2ccc(C[C@H]3NCC[C@H]4CCCCC43)[nH]2)c1. The van der Waals surface area contributed by atoms with Crippen LogP contribution in [-0.2, 0) is 16.3 Å². The maximum Gasteiger partial charge on any atom is 0.178 e. The van der Waals surface area contributed by atoms with E-state index in [0.29, 0.717) is 16.7 Å². The number of methoxy groups -OCH3 is 1. The van der Waals surface area contributed by atoms with Crippen molar-refractivity contribution in [3.05, 3.63) is 36.0 Å². The number of hydrogen-bond acceptors (Lipinski definition) is 4. The molecule has 1 aromatic carbocycles. The predicted molar refractivity (Wildman–Crippen MR) is 116 cm³/mol. The van der Waals surface area contributed by atoms with Crippen LogP contribution in [-0.4, -0.2) is 38.9 Å². The molecule has 2 heterocycles. The molecule has 6 heteroatoms. The van der Waals surface area contributed by atoms with E-state index < -0.39 is 9.84 Å². The zero-order valence-corrected chi connectivity index (χ0v) is 18.2. The van der Waals surface area contributed by atoms with Gasteiger partial charge in [-0.15, -0.1) is 0 Å². The van der Waals surface area contributed by atoms with Crippen LogP contribution >= 0.6 is 0 Å². The van der Waals surface area contributed by atoms with Gasteiger partial charge in [-0.1, -0.05) is 26.2 Å². The molecule has 2 aromatic rings. The van der Waals surface area contributed by atoms with Gasteiger partial charge in [0.1, 0.15) is 5.75 Å². The Morgan fingerprint density at radius 1 is 1.10 bits per heavy atom. The lowest BCUT2D eigenvalue weighted by atomic mass is 9.71. The van der Waals surface area contributed by atoms with E-state index in [9.17, 15) is 8.42 Å². The maximum atomic E-state index is 12.3. The van der Waals surface area contributed by atoms with Crippen LogP contribution in [0, 0.1) is 11.8 Å². The van der Waals surface area contributed by atoms with E-state index >= 15 is 0 Å². The number of rotatable bonds is 6. The zero-order valence-electron chi connectivity index (χ0n) is 17.4. The summed E-state index contributed by atoms with van der Waals surface area (Å²) < 4.78 is 30.2. The van der Waals surface area contributed by atoms with Gasteiger partial charge in [0.05, 0.1) is 17.8 Å². The first-order chi connectivity index (χ1) is 14.0. The molecular formula is C23H32N2O3S. The third-order valence-corrected chi connectivity index (χ3v) is 8.53. The van der Waals surface area contributed by atoms with Crippen LogP contribution in [0.4, 0.5) is 0 Å². The average Bonchev–Trinajstić information content (AvgIpc) is 3.22. The summed E-state index contributed by atoms with van der Waals surface area (Å²) in [5.41, 5.74) is 2.89. The van der Waals surface area contributed by atoms with Crippen LogP contribution in [0.1, 0.15) is 44.7 Å². The Hall–Kier alpha value is -1.79. The van der Waals surface area contributed by atoms with Gasteiger partial charge in [0.15, 0.2) is 9.84 Å². The number of ether oxygens (including phenoxy) is 1. The van der Waals surface area contributed by atoms with Gasteiger partial charge in [-0.2, -0.15) is 0 Å². The van der Waals surface area contributed by atoms with Crippen molar-refractivity contribution in [2.45, 2.75) is 56.4 Å². The Balaban J connectivity index is 1.58. The summed E-state index contributed by atoms with van der Waals surface area (Å²) in [6.07, 6.45) is 7.75. The minimum Gasteiger partial charge on any atom is -0.496 e. The number of fused-ring (bicyclic) bond motifs is 1. The summed E-state index contributed by atoms with van der Waals surface area (Å²) in [7, 11) is -1.65. The summed E-state index contributed by atoms with van der Waals surface area (Å²) in [5.74, 6) is 2.42. The lowest BCUT2D eigenvalue weighted by Gasteiger charge is -2.42. The molecule has 4 rings (SSSR count). The minimum absolute atomic E-state index is 0.0879. The smallest absolute Gasteiger partial charge is 0.178 e. The van der Waals surface area contributed by atoms with Gasteiger partial charge in [0.2, 0.25) is 0 Å². The van der Waals surface area contributed by atoms with Crippen molar-refractivity contribution < 1.29 is 13.2 Å². The number of nitrogens with one attached hydrogen (secondary N) is 2. The number of H-pyrrole nitrogens is 1. The molecule has 3 atom stereocenters. The topological polar surface area (TPSA) is 71.2 Å². The monoisotopic (exact) mass is 416 g/mol. The standard InChI is InChI=1S/C23H32N2O3S/c1-3-29(26,27)18-9-11-23(28-2)20(15-18)21-10-8-17(25-21)14-22-19-7-5-4-6-16(19)12-13-24-22/h8-11,15-16,19,22,24-25H,3-7,12-14H2,1-2H3/t16-,19?,22-/m1/s1. The molecule has 1 aromatic heterocycles. The van der Waals surface area contributed by atoms with Gasteiger partial charge in [-0.25, -0.2) is 8.42 Å². The second kappa shape index (κ2) is 8.52. The molecule has 2 N–H and O–H groups in total. The van der Waals surface area contributed by atoms with Gasteiger partial charge in [-0.3, -0.25) is 0 Å². The number of hydrogen-bond donors (Lipinski definition) is 2. The summed E-state index contributed by atoms with van der Waals surface area (Å²) in [4.78, 5) is 3.87. The number of benzene rings is 1. The van der Waals surface area contributed by atoms with E-state index in [-0.39, 0.29) is 5.75 Å². The molecule has 29 heavy (non-hydrogen) atoms. The molecule has 1 unspecified atom stereocenters. The molecule has 1 saturated heterocycles. The Morgan fingerprint density at radius 3 is 2.72 bits per heavy atom. The molecule has 0 bridgehead atoms. The van der Waals surface area contributed by atoms with Crippen LogP contribution in [0.15, 0.2) is 35.2 Å². The van der Waals surface area contributed by atoms with E-state index in [4.69, 9.17) is 4.74 Å². The van der Waals surface area contributed by atoms with E-state index in [1.54, 1.807) is 32.2 Å². The van der Waals surface area contributed by atoms with Crippen molar-refractivity contribution in [3.63, 3.8) is 0 Å². The lowest BCUT2D eigenvalue weighted by Crippen LogP contribution is -2.48. The average molecular weight is 417 g/mol. The first kappa shape index (κ1) is 20.5. The minimum atomic E-state index is -3.26. The third kappa shape index (κ3) is 4.24. The van der Waals surface area contributed by atoms with Crippen molar-refractivity contribution in [1.29, 1.82) is 0 Å². The molecular weight excluding hydrogens is 384 g/mol. The predicted octanol–water partition coefficient (Wildman–Crippen LogP) is 4.19. The fourth-order valence-corrected chi connectivity index (χ4v) is 6.07. The number of aromatic nitrogens is 1. The second-order valence-electron chi connectivity index (χ2n) is 8.42. The highest BCUT2D eigenvalue weighted by atomic mass is 32.2. The maximum absolute atomic E-state index is 12.3. The van der Waals surface area contributed by atoms with E-state index in [1.807, 2.05) is 6.07 Å². The van der Waals surface area contributed by atoms with E-state index in [1.165, 1.54) is 37.8 Å². The summed E-state index contributed by atoms with van der Waals surface area (Å²) in [6, 6.07) is 9.78. The Labute approximate surface area is 174 Å². The van der Waals surface area contributed by atoms with Gasteiger partial charge in [-0.05, 0) is 61.6 Å². The van der Waals surface area contributed by atoms with Crippen LogP contribution in [0.2, 0.25) is 0 Å². The quantitative estimate of drug-likeness (QED) is 0.741. The second-order valence-corrected chi connectivity index (χ2v) is 10.7. The summed E-state index contributed by atoms with van der Waals surface area (Å²) >= 11 is 0. The molecule has 2 aliphatic rings. The zero-order chi connectivity index (χ0) is 20.4. The van der Waals surface area contributed by atoms with Crippen LogP contribution in [0.25, 0.3) is 11.3 Å². The first-order valence-electron chi connectivity index (χ1n) is 10.8. The summed E-state index contributed by atoms with van der Waals surface area (Å²) in [6.45, 7) is 2.78. The van der Waals surface area contributed by atoms with Crippen molar-refractivity contribution >= 4 is 9.84 Å². The largest absolute Gasteiger partial charge is 0.496 e. The first-order valence-corrected chi connectivity index (χ1v) is 12.5. The van der Waals surface area contributed by atoms with Crippen molar-refractivity contribution in [1.82, 2.24) is 10.3 Å². The molecule has 158 valence electrons. The molecule has 2 fully saturated rings. The van der Waals surface area contributed by atoms with Gasteiger partial charge < -0.3 is 15.0 Å². The van der Waals surface area contributed by atoms with Gasteiger partial charge in [0.25, 0.3) is 0 Å². The Morgan fingerprint density at radius 2 is 1.93 bits per heavy atom. The highest BCUT2D eigenvalue weighted by Crippen LogP contribution is 2.38. The summed E-state index contributed by atoms with van der Waals surface area (Å²) in [5, 5.41) is 3.75. The highest BCUT2D eigenvalue weighted by molar-refractivity contribution is 7.91. The molecule has 1 aliphatic carbocycles. The lowest BCUT2D eigenvalue weighted by molar-refractivity contribution is 0.133. The van der Waals surface area contributed by atoms with Crippen LogP contribution in [0.3, 0.4) is 0 Å². The molecule has 1 saturated carbocycles.